The Bertz CT molecular complexity index is 472. The van der Waals surface area contributed by atoms with Crippen molar-refractivity contribution in [2.45, 2.75) is 38.8 Å². The maximum Gasteiger partial charge on any atom is 0.320 e. The van der Waals surface area contributed by atoms with E-state index in [9.17, 15) is 4.79 Å². The Hall–Kier alpha value is -1.55. The molecule has 1 aliphatic heterocycles. The zero-order valence-corrected chi connectivity index (χ0v) is 11.7. The highest BCUT2D eigenvalue weighted by molar-refractivity contribution is 5.73. The lowest BCUT2D eigenvalue weighted by Gasteiger charge is -2.25. The van der Waals surface area contributed by atoms with Gasteiger partial charge in [-0.15, -0.1) is 0 Å². The summed E-state index contributed by atoms with van der Waals surface area (Å²) >= 11 is 0. The third-order valence-corrected chi connectivity index (χ3v) is 3.65. The number of carbonyl (C=O) groups is 1. The molecule has 0 radical (unpaired) electrons. The van der Waals surface area contributed by atoms with Gasteiger partial charge in [0.25, 0.3) is 0 Å². The van der Waals surface area contributed by atoms with E-state index in [2.05, 4.69) is 13.0 Å². The average molecular weight is 263 g/mol. The molecule has 0 bridgehead atoms. The summed E-state index contributed by atoms with van der Waals surface area (Å²) in [5.41, 5.74) is 2.45. The number of rotatable bonds is 5. The van der Waals surface area contributed by atoms with E-state index in [1.54, 1.807) is 0 Å². The normalized spacial score (nSPS) is 19.1. The van der Waals surface area contributed by atoms with Gasteiger partial charge in [0.2, 0.25) is 0 Å². The molecule has 2 unspecified atom stereocenters. The molecule has 1 heterocycles. The third-order valence-electron chi connectivity index (χ3n) is 3.65. The Morgan fingerprint density at radius 3 is 2.95 bits per heavy atom. The number of ether oxygens (including phenoxy) is 1. The number of nitrogens with zero attached hydrogens (tertiary/aromatic N) is 1. The SMILES string of the molecule is CCC(C(=O)O)N(C)CC1Cc2cc(C)ccc2O1. The molecule has 1 aliphatic rings. The molecule has 2 rings (SSSR count). The zero-order chi connectivity index (χ0) is 14.0. The van der Waals surface area contributed by atoms with Crippen molar-refractivity contribution in [2.24, 2.45) is 0 Å². The van der Waals surface area contributed by atoms with Crippen molar-refractivity contribution in [3.8, 4) is 5.75 Å². The molecule has 104 valence electrons. The third kappa shape index (κ3) is 3.07. The number of hydrogen-bond donors (Lipinski definition) is 1. The molecule has 0 aromatic heterocycles. The predicted molar refractivity (Wildman–Crippen MR) is 73.6 cm³/mol. The zero-order valence-electron chi connectivity index (χ0n) is 11.7. The summed E-state index contributed by atoms with van der Waals surface area (Å²) in [6.45, 7) is 4.60. The summed E-state index contributed by atoms with van der Waals surface area (Å²) in [5, 5.41) is 9.15. The minimum Gasteiger partial charge on any atom is -0.488 e. The molecule has 0 fully saturated rings. The molecule has 1 aromatic carbocycles. The second kappa shape index (κ2) is 5.61. The van der Waals surface area contributed by atoms with E-state index in [1.807, 2.05) is 31.0 Å². The average Bonchev–Trinajstić information content (AvgIpc) is 2.70. The first kappa shape index (κ1) is 13.9. The van der Waals surface area contributed by atoms with Crippen LogP contribution >= 0.6 is 0 Å². The van der Waals surface area contributed by atoms with Gasteiger partial charge in [0.15, 0.2) is 0 Å². The number of hydrogen-bond acceptors (Lipinski definition) is 3. The summed E-state index contributed by atoms with van der Waals surface area (Å²) in [6, 6.07) is 5.74. The van der Waals surface area contributed by atoms with Crippen molar-refractivity contribution >= 4 is 5.97 Å². The highest BCUT2D eigenvalue weighted by Crippen LogP contribution is 2.29. The quantitative estimate of drug-likeness (QED) is 0.883. The highest BCUT2D eigenvalue weighted by atomic mass is 16.5. The van der Waals surface area contributed by atoms with Gasteiger partial charge in [0.05, 0.1) is 0 Å². The first-order valence-corrected chi connectivity index (χ1v) is 6.70. The molecule has 0 aliphatic carbocycles. The number of fused-ring (bicyclic) bond motifs is 1. The first-order valence-electron chi connectivity index (χ1n) is 6.70. The molecule has 19 heavy (non-hydrogen) atoms. The van der Waals surface area contributed by atoms with Gasteiger partial charge in [0, 0.05) is 13.0 Å². The van der Waals surface area contributed by atoms with E-state index in [0.717, 1.165) is 12.2 Å². The molecule has 4 heteroatoms. The monoisotopic (exact) mass is 263 g/mol. The molecular weight excluding hydrogens is 242 g/mol. The van der Waals surface area contributed by atoms with E-state index in [1.165, 1.54) is 11.1 Å². The Balaban J connectivity index is 1.98. The van der Waals surface area contributed by atoms with Gasteiger partial charge in [-0.25, -0.2) is 0 Å². The maximum absolute atomic E-state index is 11.1. The summed E-state index contributed by atoms with van der Waals surface area (Å²) in [5.74, 6) is 0.170. The van der Waals surface area contributed by atoms with Crippen LogP contribution in [0.1, 0.15) is 24.5 Å². The van der Waals surface area contributed by atoms with Crippen LogP contribution in [-0.4, -0.2) is 41.7 Å². The second-order valence-electron chi connectivity index (χ2n) is 5.26. The van der Waals surface area contributed by atoms with Crippen LogP contribution in [0.15, 0.2) is 18.2 Å². The first-order chi connectivity index (χ1) is 9.01. The molecule has 0 saturated carbocycles. The van der Waals surface area contributed by atoms with Gasteiger partial charge in [-0.1, -0.05) is 24.6 Å². The fraction of sp³-hybridized carbons (Fsp3) is 0.533. The Morgan fingerprint density at radius 1 is 1.58 bits per heavy atom. The molecule has 1 aromatic rings. The fourth-order valence-corrected chi connectivity index (χ4v) is 2.67. The van der Waals surface area contributed by atoms with Crippen molar-refractivity contribution in [3.63, 3.8) is 0 Å². The summed E-state index contributed by atoms with van der Waals surface area (Å²) in [6.07, 6.45) is 1.51. The van der Waals surface area contributed by atoms with Crippen LogP contribution in [0.4, 0.5) is 0 Å². The molecule has 4 nitrogen and oxygen atoms in total. The van der Waals surface area contributed by atoms with Gasteiger partial charge < -0.3 is 9.84 Å². The van der Waals surface area contributed by atoms with E-state index < -0.39 is 12.0 Å². The van der Waals surface area contributed by atoms with Crippen LogP contribution in [-0.2, 0) is 11.2 Å². The van der Waals surface area contributed by atoms with Crippen LogP contribution in [0.25, 0.3) is 0 Å². The lowest BCUT2D eigenvalue weighted by Crippen LogP contribution is -2.43. The van der Waals surface area contributed by atoms with Crippen molar-refractivity contribution in [3.05, 3.63) is 29.3 Å². The number of carboxylic acid groups (broad SMARTS) is 1. The van der Waals surface area contributed by atoms with Gasteiger partial charge in [-0.05, 0) is 32.0 Å². The number of aliphatic carboxylic acids is 1. The predicted octanol–water partition coefficient (Wildman–Crippen LogP) is 2.09. The van der Waals surface area contributed by atoms with Crippen LogP contribution in [0.5, 0.6) is 5.75 Å². The summed E-state index contributed by atoms with van der Waals surface area (Å²) < 4.78 is 5.87. The number of carboxylic acids is 1. The lowest BCUT2D eigenvalue weighted by molar-refractivity contribution is -0.143. The van der Waals surface area contributed by atoms with Crippen molar-refractivity contribution in [2.75, 3.05) is 13.6 Å². The van der Waals surface area contributed by atoms with E-state index >= 15 is 0 Å². The number of likely N-dealkylation sites (N-methyl/N-ethyl adjacent to an activating group) is 1. The molecular formula is C15H21NO3. The lowest BCUT2D eigenvalue weighted by atomic mass is 10.1. The second-order valence-corrected chi connectivity index (χ2v) is 5.26. The standard InChI is InChI=1S/C15H21NO3/c1-4-13(15(17)18)16(3)9-12-8-11-7-10(2)5-6-14(11)19-12/h5-7,12-13H,4,8-9H2,1-3H3,(H,17,18). The van der Waals surface area contributed by atoms with E-state index in [4.69, 9.17) is 9.84 Å². The van der Waals surface area contributed by atoms with Crippen LogP contribution < -0.4 is 4.74 Å². The van der Waals surface area contributed by atoms with Gasteiger partial charge in [0.1, 0.15) is 17.9 Å². The Kier molecular flexibility index (Phi) is 4.10. The van der Waals surface area contributed by atoms with Crippen LogP contribution in [0.3, 0.4) is 0 Å². The van der Waals surface area contributed by atoms with Crippen molar-refractivity contribution in [1.82, 2.24) is 4.90 Å². The number of benzene rings is 1. The number of aryl methyl sites for hydroxylation is 1. The van der Waals surface area contributed by atoms with Crippen molar-refractivity contribution < 1.29 is 14.6 Å². The summed E-state index contributed by atoms with van der Waals surface area (Å²) in [7, 11) is 1.85. The smallest absolute Gasteiger partial charge is 0.320 e. The van der Waals surface area contributed by atoms with E-state index in [-0.39, 0.29) is 6.10 Å². The Morgan fingerprint density at radius 2 is 2.32 bits per heavy atom. The van der Waals surface area contributed by atoms with Gasteiger partial charge in [-0.3, -0.25) is 9.69 Å². The molecule has 0 saturated heterocycles. The fourth-order valence-electron chi connectivity index (χ4n) is 2.67. The molecule has 0 amide bonds. The van der Waals surface area contributed by atoms with Gasteiger partial charge in [-0.2, -0.15) is 0 Å². The van der Waals surface area contributed by atoms with Crippen molar-refractivity contribution in [1.29, 1.82) is 0 Å². The molecule has 1 N–H and O–H groups in total. The van der Waals surface area contributed by atoms with Crippen LogP contribution in [0, 0.1) is 6.92 Å². The molecule has 2 atom stereocenters. The van der Waals surface area contributed by atoms with Gasteiger partial charge >= 0.3 is 5.97 Å². The minimum atomic E-state index is -0.767. The largest absolute Gasteiger partial charge is 0.488 e. The highest BCUT2D eigenvalue weighted by Gasteiger charge is 2.28. The summed E-state index contributed by atoms with van der Waals surface area (Å²) in [4.78, 5) is 13.0. The van der Waals surface area contributed by atoms with Crippen LogP contribution in [0.2, 0.25) is 0 Å². The topological polar surface area (TPSA) is 49.8 Å². The Labute approximate surface area is 114 Å². The maximum atomic E-state index is 11.1. The molecule has 0 spiro atoms. The minimum absolute atomic E-state index is 0.0511. The van der Waals surface area contributed by atoms with E-state index in [0.29, 0.717) is 13.0 Å².